The van der Waals surface area contributed by atoms with Crippen molar-refractivity contribution >= 4 is 16.8 Å². The van der Waals surface area contributed by atoms with E-state index >= 15 is 0 Å². The molecular weight excluding hydrogens is 256 g/mol. The van der Waals surface area contributed by atoms with Crippen LogP contribution in [0.15, 0.2) is 29.3 Å². The zero-order chi connectivity index (χ0) is 13.2. The number of thioether (sulfide) groups is 1. The number of aliphatic imine (C=N–C) groups is 1. The maximum atomic E-state index is 4.65. The molecule has 0 N–H and O–H groups in total. The minimum atomic E-state index is 0.599. The van der Waals surface area contributed by atoms with Gasteiger partial charge in [0.05, 0.1) is 5.69 Å². The third kappa shape index (κ3) is 2.08. The number of aryl methyl sites for hydroxylation is 1. The van der Waals surface area contributed by atoms with Crippen molar-refractivity contribution in [1.82, 2.24) is 14.8 Å². The largest absolute Gasteiger partial charge is 0.281 e. The molecule has 0 fully saturated rings. The van der Waals surface area contributed by atoms with Crippen LogP contribution in [0.4, 0.5) is 0 Å². The molecule has 0 radical (unpaired) electrons. The van der Waals surface area contributed by atoms with E-state index in [1.807, 2.05) is 0 Å². The highest BCUT2D eigenvalue weighted by molar-refractivity contribution is 8.13. The van der Waals surface area contributed by atoms with Crippen LogP contribution in [0.2, 0.25) is 0 Å². The fourth-order valence-corrected chi connectivity index (χ4v) is 2.96. The molecule has 3 rings (SSSR count). The number of rotatable bonds is 2. The highest BCUT2D eigenvalue weighted by Gasteiger charge is 2.20. The number of para-hydroxylation sites is 1. The van der Waals surface area contributed by atoms with E-state index in [1.54, 1.807) is 11.8 Å². The molecule has 0 saturated heterocycles. The molecule has 5 heteroatoms. The minimum Gasteiger partial charge on any atom is -0.281 e. The van der Waals surface area contributed by atoms with Gasteiger partial charge in [0, 0.05) is 12.0 Å². The van der Waals surface area contributed by atoms with Crippen molar-refractivity contribution in [1.29, 1.82) is 0 Å². The summed E-state index contributed by atoms with van der Waals surface area (Å²) in [6.07, 6.45) is 4.07. The van der Waals surface area contributed by atoms with E-state index in [-0.39, 0.29) is 0 Å². The van der Waals surface area contributed by atoms with Crippen molar-refractivity contribution in [3.8, 4) is 5.69 Å². The van der Waals surface area contributed by atoms with E-state index in [2.05, 4.69) is 57.2 Å². The summed E-state index contributed by atoms with van der Waals surface area (Å²) in [5.41, 5.74) is 2.32. The van der Waals surface area contributed by atoms with Gasteiger partial charge in [-0.05, 0) is 18.7 Å². The predicted octanol–water partition coefficient (Wildman–Crippen LogP) is 2.84. The third-order valence-electron chi connectivity index (χ3n) is 3.20. The van der Waals surface area contributed by atoms with Crippen molar-refractivity contribution in [2.75, 3.05) is 6.26 Å². The molecule has 2 heterocycles. The van der Waals surface area contributed by atoms with Crippen LogP contribution >= 0.6 is 11.8 Å². The highest BCUT2D eigenvalue weighted by atomic mass is 32.2. The molecular formula is C14H16N4S. The Morgan fingerprint density at radius 3 is 2.89 bits per heavy atom. The van der Waals surface area contributed by atoms with Gasteiger partial charge in [-0.1, -0.05) is 25.1 Å². The Balaban J connectivity index is 2.23. The SMILES string of the molecule is CCCc1nnc2n1-c1ccccc1C(SC)=NC2. The van der Waals surface area contributed by atoms with Crippen LogP contribution in [0.5, 0.6) is 0 Å². The van der Waals surface area contributed by atoms with Crippen molar-refractivity contribution in [3.05, 3.63) is 41.5 Å². The van der Waals surface area contributed by atoms with Crippen LogP contribution in [0.1, 0.15) is 30.6 Å². The summed E-state index contributed by atoms with van der Waals surface area (Å²) in [5, 5.41) is 9.69. The Labute approximate surface area is 117 Å². The van der Waals surface area contributed by atoms with E-state index in [4.69, 9.17) is 0 Å². The van der Waals surface area contributed by atoms with Gasteiger partial charge in [0.2, 0.25) is 0 Å². The molecule has 0 bridgehead atoms. The standard InChI is InChI=1S/C14H16N4S/c1-3-6-12-16-17-13-9-15-14(19-2)10-7-4-5-8-11(10)18(12)13/h4-5,7-8H,3,6,9H2,1-2H3. The number of hydrogen-bond donors (Lipinski definition) is 0. The van der Waals surface area contributed by atoms with E-state index in [9.17, 15) is 0 Å². The van der Waals surface area contributed by atoms with Crippen LogP contribution in [-0.2, 0) is 13.0 Å². The molecule has 0 saturated carbocycles. The molecule has 0 unspecified atom stereocenters. The topological polar surface area (TPSA) is 43.1 Å². The molecule has 0 aliphatic carbocycles. The molecule has 0 spiro atoms. The Morgan fingerprint density at radius 1 is 1.26 bits per heavy atom. The zero-order valence-corrected chi connectivity index (χ0v) is 11.9. The van der Waals surface area contributed by atoms with Crippen molar-refractivity contribution in [2.24, 2.45) is 4.99 Å². The lowest BCUT2D eigenvalue weighted by Crippen LogP contribution is -2.07. The van der Waals surface area contributed by atoms with Crippen LogP contribution in [-0.4, -0.2) is 26.1 Å². The summed E-state index contributed by atoms with van der Waals surface area (Å²) >= 11 is 1.68. The summed E-state index contributed by atoms with van der Waals surface area (Å²) in [6.45, 7) is 2.76. The smallest absolute Gasteiger partial charge is 0.159 e. The Hall–Kier alpha value is -1.62. The molecule has 0 amide bonds. The van der Waals surface area contributed by atoms with Gasteiger partial charge in [-0.25, -0.2) is 0 Å². The van der Waals surface area contributed by atoms with E-state index < -0.39 is 0 Å². The van der Waals surface area contributed by atoms with Gasteiger partial charge in [0.1, 0.15) is 17.4 Å². The number of aromatic nitrogens is 3. The zero-order valence-electron chi connectivity index (χ0n) is 11.1. The van der Waals surface area contributed by atoms with Crippen molar-refractivity contribution < 1.29 is 0 Å². The normalized spacial score (nSPS) is 13.5. The summed E-state index contributed by atoms with van der Waals surface area (Å²) in [7, 11) is 0. The average molecular weight is 272 g/mol. The van der Waals surface area contributed by atoms with Crippen molar-refractivity contribution in [2.45, 2.75) is 26.3 Å². The molecule has 1 aliphatic rings. The lowest BCUT2D eigenvalue weighted by molar-refractivity contribution is 0.789. The first-order valence-corrected chi connectivity index (χ1v) is 7.69. The third-order valence-corrected chi connectivity index (χ3v) is 3.94. The molecule has 4 nitrogen and oxygen atoms in total. The first-order chi connectivity index (χ1) is 9.35. The van der Waals surface area contributed by atoms with Gasteiger partial charge >= 0.3 is 0 Å². The van der Waals surface area contributed by atoms with Crippen LogP contribution in [0, 0.1) is 0 Å². The number of benzene rings is 1. The summed E-state index contributed by atoms with van der Waals surface area (Å²) < 4.78 is 2.17. The minimum absolute atomic E-state index is 0.599. The molecule has 0 atom stereocenters. The van der Waals surface area contributed by atoms with Gasteiger partial charge in [0.25, 0.3) is 0 Å². The van der Waals surface area contributed by atoms with Gasteiger partial charge in [-0.3, -0.25) is 9.56 Å². The molecule has 98 valence electrons. The van der Waals surface area contributed by atoms with Crippen LogP contribution < -0.4 is 0 Å². The number of fused-ring (bicyclic) bond motifs is 3. The maximum Gasteiger partial charge on any atom is 0.159 e. The predicted molar refractivity (Wildman–Crippen MR) is 79.1 cm³/mol. The Kier molecular flexibility index (Phi) is 3.38. The van der Waals surface area contributed by atoms with Crippen molar-refractivity contribution in [3.63, 3.8) is 0 Å². The summed E-state index contributed by atoms with van der Waals surface area (Å²) in [5.74, 6) is 1.96. The maximum absolute atomic E-state index is 4.65. The van der Waals surface area contributed by atoms with Gasteiger partial charge in [-0.2, -0.15) is 0 Å². The molecule has 19 heavy (non-hydrogen) atoms. The second-order valence-corrected chi connectivity index (χ2v) is 5.26. The first kappa shape index (κ1) is 12.4. The Morgan fingerprint density at radius 2 is 2.11 bits per heavy atom. The molecule has 2 aromatic rings. The van der Waals surface area contributed by atoms with E-state index in [0.717, 1.165) is 35.2 Å². The lowest BCUT2D eigenvalue weighted by atomic mass is 10.2. The monoisotopic (exact) mass is 272 g/mol. The molecule has 1 aromatic heterocycles. The summed E-state index contributed by atoms with van der Waals surface area (Å²) in [4.78, 5) is 4.65. The van der Waals surface area contributed by atoms with E-state index in [0.29, 0.717) is 6.54 Å². The Bertz CT molecular complexity index is 630. The fraction of sp³-hybridized carbons (Fsp3) is 0.357. The van der Waals surface area contributed by atoms with Gasteiger partial charge < -0.3 is 0 Å². The molecule has 1 aromatic carbocycles. The quantitative estimate of drug-likeness (QED) is 0.844. The van der Waals surface area contributed by atoms with Crippen LogP contribution in [0.3, 0.4) is 0 Å². The second-order valence-electron chi connectivity index (χ2n) is 4.46. The van der Waals surface area contributed by atoms with E-state index in [1.165, 1.54) is 5.56 Å². The first-order valence-electron chi connectivity index (χ1n) is 6.46. The highest BCUT2D eigenvalue weighted by Crippen LogP contribution is 2.26. The number of nitrogens with zero attached hydrogens (tertiary/aromatic N) is 4. The number of hydrogen-bond acceptors (Lipinski definition) is 4. The lowest BCUT2D eigenvalue weighted by Gasteiger charge is -2.11. The average Bonchev–Trinajstić information content (AvgIpc) is 2.76. The fourth-order valence-electron chi connectivity index (χ4n) is 2.37. The summed E-state index contributed by atoms with van der Waals surface area (Å²) in [6, 6.07) is 8.36. The van der Waals surface area contributed by atoms with Gasteiger partial charge in [0.15, 0.2) is 5.82 Å². The molecule has 1 aliphatic heterocycles. The van der Waals surface area contributed by atoms with Gasteiger partial charge in [-0.15, -0.1) is 22.0 Å². The van der Waals surface area contributed by atoms with Crippen LogP contribution in [0.25, 0.3) is 5.69 Å². The second kappa shape index (κ2) is 5.17.